The van der Waals surface area contributed by atoms with Gasteiger partial charge in [0.1, 0.15) is 0 Å². The van der Waals surface area contributed by atoms with E-state index in [1.807, 2.05) is 45.9 Å². The van der Waals surface area contributed by atoms with Gasteiger partial charge in [0, 0.05) is 6.04 Å². The molecule has 1 aromatic rings. The minimum atomic E-state index is -0.783. The van der Waals surface area contributed by atoms with Crippen LogP contribution in [0.1, 0.15) is 52.5 Å². The topological polar surface area (TPSA) is 84.9 Å². The highest BCUT2D eigenvalue weighted by molar-refractivity contribution is 5.88. The number of hydrogen-bond donors (Lipinski definition) is 2. The van der Waals surface area contributed by atoms with Crippen LogP contribution in [0.2, 0.25) is 0 Å². The second-order valence-corrected chi connectivity index (χ2v) is 7.17. The third-order valence-corrected chi connectivity index (χ3v) is 4.95. The number of nitrogens with one attached hydrogen (secondary N) is 1. The quantitative estimate of drug-likeness (QED) is 0.741. The predicted molar refractivity (Wildman–Crippen MR) is 98.7 cm³/mol. The number of carbonyl (C=O) groups is 2. The average molecular weight is 363 g/mol. The smallest absolute Gasteiger partial charge is 0.306 e. The Labute approximate surface area is 154 Å². The fraction of sp³-hybridized carbons (Fsp3) is 0.600. The highest BCUT2D eigenvalue weighted by Gasteiger charge is 2.36. The van der Waals surface area contributed by atoms with E-state index in [1.54, 1.807) is 0 Å². The zero-order valence-electron chi connectivity index (χ0n) is 16.0. The van der Waals surface area contributed by atoms with Crippen LogP contribution in [0, 0.1) is 5.92 Å². The first-order valence-electron chi connectivity index (χ1n) is 9.23. The van der Waals surface area contributed by atoms with Crippen LogP contribution in [-0.2, 0) is 15.0 Å². The Bertz CT molecular complexity index is 656. The van der Waals surface area contributed by atoms with Crippen molar-refractivity contribution in [1.29, 1.82) is 0 Å². The van der Waals surface area contributed by atoms with Crippen molar-refractivity contribution in [2.24, 2.45) is 5.92 Å². The molecule has 0 unspecified atom stereocenters. The third kappa shape index (κ3) is 4.48. The Balaban J connectivity index is 2.14. The SMILES string of the molecule is CCOc1ccc(C(C)(C)C(=O)N[C@H]2CC[C@@H](C(=O)O)C2)cc1OCC. The summed E-state index contributed by atoms with van der Waals surface area (Å²) in [5.74, 6) is 0.0291. The predicted octanol–water partition coefficient (Wildman–Crippen LogP) is 3.13. The van der Waals surface area contributed by atoms with E-state index in [2.05, 4.69) is 5.32 Å². The Morgan fingerprint density at radius 1 is 1.15 bits per heavy atom. The van der Waals surface area contributed by atoms with E-state index in [4.69, 9.17) is 14.6 Å². The zero-order valence-corrected chi connectivity index (χ0v) is 16.0. The molecule has 26 heavy (non-hydrogen) atoms. The lowest BCUT2D eigenvalue weighted by atomic mass is 9.83. The molecule has 2 atom stereocenters. The molecule has 0 saturated heterocycles. The fourth-order valence-electron chi connectivity index (χ4n) is 3.27. The maximum Gasteiger partial charge on any atom is 0.306 e. The number of ether oxygens (including phenoxy) is 2. The first kappa shape index (κ1) is 20.1. The van der Waals surface area contributed by atoms with Gasteiger partial charge in [-0.1, -0.05) is 6.07 Å². The van der Waals surface area contributed by atoms with E-state index in [0.29, 0.717) is 44.0 Å². The second kappa shape index (κ2) is 8.43. The Morgan fingerprint density at radius 3 is 2.38 bits per heavy atom. The van der Waals surface area contributed by atoms with Crippen LogP contribution in [0.3, 0.4) is 0 Å². The Morgan fingerprint density at radius 2 is 1.81 bits per heavy atom. The van der Waals surface area contributed by atoms with E-state index in [-0.39, 0.29) is 17.9 Å². The maximum absolute atomic E-state index is 12.8. The summed E-state index contributed by atoms with van der Waals surface area (Å²) >= 11 is 0. The van der Waals surface area contributed by atoms with Crippen molar-refractivity contribution in [3.05, 3.63) is 23.8 Å². The highest BCUT2D eigenvalue weighted by atomic mass is 16.5. The van der Waals surface area contributed by atoms with Crippen molar-refractivity contribution < 1.29 is 24.2 Å². The van der Waals surface area contributed by atoms with Gasteiger partial charge in [0.25, 0.3) is 0 Å². The van der Waals surface area contributed by atoms with E-state index >= 15 is 0 Å². The molecular formula is C20H29NO5. The summed E-state index contributed by atoms with van der Waals surface area (Å²) in [6.45, 7) is 8.57. The second-order valence-electron chi connectivity index (χ2n) is 7.17. The number of carboxylic acid groups (broad SMARTS) is 1. The van der Waals surface area contributed by atoms with E-state index in [0.717, 1.165) is 5.56 Å². The van der Waals surface area contributed by atoms with Crippen molar-refractivity contribution in [1.82, 2.24) is 5.32 Å². The van der Waals surface area contributed by atoms with Crippen LogP contribution >= 0.6 is 0 Å². The molecule has 0 radical (unpaired) electrons. The van der Waals surface area contributed by atoms with Gasteiger partial charge in [0.15, 0.2) is 11.5 Å². The standard InChI is InChI=1S/C20H29NO5/c1-5-25-16-10-8-14(12-17(16)26-6-2)20(3,4)19(24)21-15-9-7-13(11-15)18(22)23/h8,10,12-13,15H,5-7,9,11H2,1-4H3,(H,21,24)(H,22,23)/t13-,15+/m1/s1. The van der Waals surface area contributed by atoms with Crippen LogP contribution in [-0.4, -0.2) is 36.2 Å². The Hall–Kier alpha value is -2.24. The lowest BCUT2D eigenvalue weighted by Crippen LogP contribution is -2.44. The van der Waals surface area contributed by atoms with E-state index < -0.39 is 11.4 Å². The van der Waals surface area contributed by atoms with E-state index in [1.165, 1.54) is 0 Å². The number of rotatable bonds is 8. The van der Waals surface area contributed by atoms with Gasteiger partial charge in [-0.3, -0.25) is 9.59 Å². The van der Waals surface area contributed by atoms with Gasteiger partial charge in [0.2, 0.25) is 5.91 Å². The summed E-state index contributed by atoms with van der Waals surface area (Å²) in [5.41, 5.74) is 0.0624. The van der Waals surface area contributed by atoms with Crippen LogP contribution in [0.4, 0.5) is 0 Å². The lowest BCUT2D eigenvalue weighted by molar-refractivity contribution is -0.141. The molecular weight excluding hydrogens is 334 g/mol. The highest BCUT2D eigenvalue weighted by Crippen LogP contribution is 2.34. The summed E-state index contributed by atoms with van der Waals surface area (Å²) in [6, 6.07) is 5.47. The summed E-state index contributed by atoms with van der Waals surface area (Å²) in [4.78, 5) is 23.9. The minimum absolute atomic E-state index is 0.0862. The molecule has 2 rings (SSSR count). The molecule has 1 aliphatic rings. The number of aliphatic carboxylic acids is 1. The molecule has 2 N–H and O–H groups in total. The molecule has 0 bridgehead atoms. The maximum atomic E-state index is 12.8. The van der Waals surface area contributed by atoms with Gasteiger partial charge in [0.05, 0.1) is 24.5 Å². The molecule has 1 fully saturated rings. The first-order chi connectivity index (χ1) is 12.3. The first-order valence-corrected chi connectivity index (χ1v) is 9.23. The molecule has 6 heteroatoms. The summed E-state index contributed by atoms with van der Waals surface area (Å²) in [7, 11) is 0. The van der Waals surface area contributed by atoms with Crippen molar-refractivity contribution in [2.75, 3.05) is 13.2 Å². The molecule has 1 amide bonds. The van der Waals surface area contributed by atoms with Crippen molar-refractivity contribution in [3.63, 3.8) is 0 Å². The molecule has 0 aliphatic heterocycles. The van der Waals surface area contributed by atoms with Crippen molar-refractivity contribution >= 4 is 11.9 Å². The normalized spacial score (nSPS) is 19.8. The number of benzene rings is 1. The molecule has 1 saturated carbocycles. The fourth-order valence-corrected chi connectivity index (χ4v) is 3.27. The van der Waals surface area contributed by atoms with Gasteiger partial charge < -0.3 is 19.9 Å². The van der Waals surface area contributed by atoms with Gasteiger partial charge >= 0.3 is 5.97 Å². The van der Waals surface area contributed by atoms with Crippen LogP contribution in [0.15, 0.2) is 18.2 Å². The van der Waals surface area contributed by atoms with Gasteiger partial charge in [-0.2, -0.15) is 0 Å². The molecule has 144 valence electrons. The lowest BCUT2D eigenvalue weighted by Gasteiger charge is -2.27. The third-order valence-electron chi connectivity index (χ3n) is 4.95. The monoisotopic (exact) mass is 363 g/mol. The summed E-state index contributed by atoms with van der Waals surface area (Å²) in [6.07, 6.45) is 1.80. The van der Waals surface area contributed by atoms with Crippen LogP contribution < -0.4 is 14.8 Å². The van der Waals surface area contributed by atoms with Crippen molar-refractivity contribution in [3.8, 4) is 11.5 Å². The zero-order chi connectivity index (χ0) is 19.3. The molecule has 1 aliphatic carbocycles. The molecule has 6 nitrogen and oxygen atoms in total. The number of hydrogen-bond acceptors (Lipinski definition) is 4. The van der Waals surface area contributed by atoms with Crippen LogP contribution in [0.5, 0.6) is 11.5 Å². The van der Waals surface area contributed by atoms with Gasteiger partial charge in [-0.25, -0.2) is 0 Å². The molecule has 1 aromatic carbocycles. The largest absolute Gasteiger partial charge is 0.490 e. The van der Waals surface area contributed by atoms with Gasteiger partial charge in [-0.05, 0) is 64.7 Å². The van der Waals surface area contributed by atoms with Gasteiger partial charge in [-0.15, -0.1) is 0 Å². The van der Waals surface area contributed by atoms with Crippen molar-refractivity contribution in [2.45, 2.75) is 58.4 Å². The number of carboxylic acids is 1. The molecule has 0 aromatic heterocycles. The summed E-state index contributed by atoms with van der Waals surface area (Å²) < 4.78 is 11.2. The summed E-state index contributed by atoms with van der Waals surface area (Å²) in [5, 5.41) is 12.1. The Kier molecular flexibility index (Phi) is 6.51. The average Bonchev–Trinajstić information content (AvgIpc) is 3.05. The minimum Gasteiger partial charge on any atom is -0.490 e. The van der Waals surface area contributed by atoms with E-state index in [9.17, 15) is 9.59 Å². The van der Waals surface area contributed by atoms with Crippen LogP contribution in [0.25, 0.3) is 0 Å². The molecule has 0 heterocycles. The number of amides is 1. The number of carbonyl (C=O) groups excluding carboxylic acids is 1. The molecule has 0 spiro atoms.